The highest BCUT2D eigenvalue weighted by Gasteiger charge is 2.11. The van der Waals surface area contributed by atoms with Gasteiger partial charge in [0.2, 0.25) is 5.95 Å². The molecule has 1 atom stereocenters. The molecule has 0 bridgehead atoms. The predicted octanol–water partition coefficient (Wildman–Crippen LogP) is 2.79. The van der Waals surface area contributed by atoms with Crippen LogP contribution in [0, 0.1) is 0 Å². The van der Waals surface area contributed by atoms with E-state index in [-0.39, 0.29) is 0 Å². The molecule has 1 heterocycles. The van der Waals surface area contributed by atoms with Crippen LogP contribution in [0.4, 0.5) is 5.95 Å². The van der Waals surface area contributed by atoms with Crippen LogP contribution >= 0.6 is 23.4 Å². The first-order valence-electron chi connectivity index (χ1n) is 5.27. The molecule has 0 saturated heterocycles. The Morgan fingerprint density at radius 3 is 2.56 bits per heavy atom. The quantitative estimate of drug-likeness (QED) is 0.735. The molecule has 0 aliphatic carbocycles. The summed E-state index contributed by atoms with van der Waals surface area (Å²) >= 11 is 7.56. The molecule has 0 aliphatic rings. The lowest BCUT2D eigenvalue weighted by Crippen LogP contribution is -2.30. The van der Waals surface area contributed by atoms with Gasteiger partial charge in [0.1, 0.15) is 0 Å². The lowest BCUT2D eigenvalue weighted by atomic mass is 10.2. The summed E-state index contributed by atoms with van der Waals surface area (Å²) in [5, 5.41) is 0. The molecule has 16 heavy (non-hydrogen) atoms. The highest BCUT2D eigenvalue weighted by atomic mass is 35.5. The van der Waals surface area contributed by atoms with E-state index in [1.165, 1.54) is 0 Å². The summed E-state index contributed by atoms with van der Waals surface area (Å²) < 4.78 is 0. The molecule has 90 valence electrons. The van der Waals surface area contributed by atoms with Gasteiger partial charge in [-0.25, -0.2) is 9.97 Å². The van der Waals surface area contributed by atoms with Crippen LogP contribution in [-0.4, -0.2) is 35.1 Å². The molecule has 0 fully saturated rings. The standard InChI is InChI=1S/C11H18ClN3S/c1-9(4-5-16-3)15(2)11-13-7-10(6-12)8-14-11/h7-9H,4-6H2,1-3H3. The number of alkyl halides is 1. The van der Waals surface area contributed by atoms with Gasteiger partial charge in [0.15, 0.2) is 0 Å². The van der Waals surface area contributed by atoms with Crippen LogP contribution in [-0.2, 0) is 5.88 Å². The fourth-order valence-corrected chi connectivity index (χ4v) is 1.99. The van der Waals surface area contributed by atoms with Crippen molar-refractivity contribution in [2.24, 2.45) is 0 Å². The normalized spacial score (nSPS) is 12.5. The Bertz CT molecular complexity index is 305. The second kappa shape index (κ2) is 6.97. The van der Waals surface area contributed by atoms with Crippen LogP contribution < -0.4 is 4.90 Å². The third-order valence-corrected chi connectivity index (χ3v) is 3.51. The summed E-state index contributed by atoms with van der Waals surface area (Å²) in [6, 6.07) is 0.453. The van der Waals surface area contributed by atoms with E-state index in [2.05, 4.69) is 28.0 Å². The molecule has 1 unspecified atom stereocenters. The van der Waals surface area contributed by atoms with E-state index >= 15 is 0 Å². The van der Waals surface area contributed by atoms with Crippen molar-refractivity contribution >= 4 is 29.3 Å². The van der Waals surface area contributed by atoms with Crippen molar-refractivity contribution in [3.63, 3.8) is 0 Å². The maximum absolute atomic E-state index is 5.69. The number of aromatic nitrogens is 2. The summed E-state index contributed by atoms with van der Waals surface area (Å²) in [4.78, 5) is 10.7. The van der Waals surface area contributed by atoms with E-state index in [0.29, 0.717) is 11.9 Å². The zero-order valence-corrected chi connectivity index (χ0v) is 11.6. The minimum Gasteiger partial charge on any atom is -0.341 e. The fraction of sp³-hybridized carbons (Fsp3) is 0.636. The summed E-state index contributed by atoms with van der Waals surface area (Å²) in [6.45, 7) is 2.19. The molecule has 1 rings (SSSR count). The molecule has 1 aromatic heterocycles. The molecular weight excluding hydrogens is 242 g/mol. The van der Waals surface area contributed by atoms with Crippen molar-refractivity contribution < 1.29 is 0 Å². The van der Waals surface area contributed by atoms with Gasteiger partial charge in [0.05, 0.1) is 5.88 Å². The van der Waals surface area contributed by atoms with E-state index in [1.54, 1.807) is 12.4 Å². The summed E-state index contributed by atoms with van der Waals surface area (Å²) in [5.74, 6) is 2.39. The van der Waals surface area contributed by atoms with Crippen molar-refractivity contribution in [3.8, 4) is 0 Å². The second-order valence-corrected chi connectivity index (χ2v) is 5.02. The second-order valence-electron chi connectivity index (χ2n) is 3.77. The molecule has 0 radical (unpaired) electrons. The average molecular weight is 260 g/mol. The number of hydrogen-bond donors (Lipinski definition) is 0. The fourth-order valence-electron chi connectivity index (χ4n) is 1.28. The molecule has 5 heteroatoms. The predicted molar refractivity (Wildman–Crippen MR) is 72.5 cm³/mol. The molecule has 0 aromatic carbocycles. The molecule has 0 amide bonds. The molecule has 1 aromatic rings. The third kappa shape index (κ3) is 3.83. The average Bonchev–Trinajstić information content (AvgIpc) is 2.35. The van der Waals surface area contributed by atoms with Crippen LogP contribution in [0.15, 0.2) is 12.4 Å². The summed E-state index contributed by atoms with van der Waals surface area (Å²) in [5.41, 5.74) is 0.954. The van der Waals surface area contributed by atoms with Gasteiger partial charge in [-0.15, -0.1) is 11.6 Å². The lowest BCUT2D eigenvalue weighted by molar-refractivity contribution is 0.653. The van der Waals surface area contributed by atoms with Crippen LogP contribution in [0.25, 0.3) is 0 Å². The van der Waals surface area contributed by atoms with Crippen LogP contribution in [0.1, 0.15) is 18.9 Å². The Morgan fingerprint density at radius 2 is 2.06 bits per heavy atom. The number of halogens is 1. The monoisotopic (exact) mass is 259 g/mol. The zero-order chi connectivity index (χ0) is 12.0. The van der Waals surface area contributed by atoms with Crippen LogP contribution in [0.5, 0.6) is 0 Å². The topological polar surface area (TPSA) is 29.0 Å². The van der Waals surface area contributed by atoms with E-state index in [9.17, 15) is 0 Å². The number of hydrogen-bond acceptors (Lipinski definition) is 4. The molecule has 0 spiro atoms. The zero-order valence-electron chi connectivity index (χ0n) is 9.98. The van der Waals surface area contributed by atoms with Gasteiger partial charge in [0, 0.05) is 31.0 Å². The van der Waals surface area contributed by atoms with Gasteiger partial charge in [-0.1, -0.05) is 0 Å². The maximum Gasteiger partial charge on any atom is 0.225 e. The first kappa shape index (κ1) is 13.6. The Kier molecular flexibility index (Phi) is 5.91. The van der Waals surface area contributed by atoms with E-state index in [0.717, 1.165) is 23.7 Å². The Balaban J connectivity index is 2.60. The minimum atomic E-state index is 0.453. The Hall–Kier alpha value is -0.480. The summed E-state index contributed by atoms with van der Waals surface area (Å²) in [6.07, 6.45) is 6.83. The first-order chi connectivity index (χ1) is 7.69. The summed E-state index contributed by atoms with van der Waals surface area (Å²) in [7, 11) is 2.03. The molecule has 0 aliphatic heterocycles. The third-order valence-electron chi connectivity index (χ3n) is 2.56. The molecule has 0 N–H and O–H groups in total. The van der Waals surface area contributed by atoms with Gasteiger partial charge in [-0.3, -0.25) is 0 Å². The van der Waals surface area contributed by atoms with Crippen molar-refractivity contribution in [1.29, 1.82) is 0 Å². The van der Waals surface area contributed by atoms with Crippen molar-refractivity contribution in [2.75, 3.05) is 24.0 Å². The Labute approximate surface area is 107 Å². The van der Waals surface area contributed by atoms with E-state index in [1.807, 2.05) is 18.8 Å². The number of rotatable bonds is 6. The van der Waals surface area contributed by atoms with Crippen molar-refractivity contribution in [2.45, 2.75) is 25.3 Å². The molecular formula is C11H18ClN3S. The Morgan fingerprint density at radius 1 is 1.44 bits per heavy atom. The van der Waals surface area contributed by atoms with E-state index in [4.69, 9.17) is 11.6 Å². The smallest absolute Gasteiger partial charge is 0.225 e. The van der Waals surface area contributed by atoms with Gasteiger partial charge >= 0.3 is 0 Å². The number of nitrogens with zero attached hydrogens (tertiary/aromatic N) is 3. The van der Waals surface area contributed by atoms with Gasteiger partial charge < -0.3 is 4.90 Å². The van der Waals surface area contributed by atoms with Crippen LogP contribution in [0.2, 0.25) is 0 Å². The van der Waals surface area contributed by atoms with Gasteiger partial charge in [0.25, 0.3) is 0 Å². The highest BCUT2D eigenvalue weighted by Crippen LogP contribution is 2.13. The largest absolute Gasteiger partial charge is 0.341 e. The minimum absolute atomic E-state index is 0.453. The highest BCUT2D eigenvalue weighted by molar-refractivity contribution is 7.98. The van der Waals surface area contributed by atoms with Crippen molar-refractivity contribution in [1.82, 2.24) is 9.97 Å². The van der Waals surface area contributed by atoms with Gasteiger partial charge in [-0.05, 0) is 25.4 Å². The SMILES string of the molecule is CSCCC(C)N(C)c1ncc(CCl)cn1. The van der Waals surface area contributed by atoms with Crippen LogP contribution in [0.3, 0.4) is 0 Å². The van der Waals surface area contributed by atoms with Gasteiger partial charge in [-0.2, -0.15) is 11.8 Å². The first-order valence-corrected chi connectivity index (χ1v) is 7.20. The molecule has 0 saturated carbocycles. The number of anilines is 1. The maximum atomic E-state index is 5.69. The van der Waals surface area contributed by atoms with E-state index < -0.39 is 0 Å². The lowest BCUT2D eigenvalue weighted by Gasteiger charge is -2.24. The number of thioether (sulfide) groups is 1. The molecule has 3 nitrogen and oxygen atoms in total. The van der Waals surface area contributed by atoms with Crippen molar-refractivity contribution in [3.05, 3.63) is 18.0 Å².